The van der Waals surface area contributed by atoms with Crippen molar-refractivity contribution in [1.29, 1.82) is 0 Å². The molecule has 0 radical (unpaired) electrons. The van der Waals surface area contributed by atoms with Gasteiger partial charge in [-0.25, -0.2) is 0 Å². The fourth-order valence-corrected chi connectivity index (χ4v) is 3.50. The zero-order valence-electron chi connectivity index (χ0n) is 14.3. The molecule has 0 saturated heterocycles. The van der Waals surface area contributed by atoms with Gasteiger partial charge in [0, 0.05) is 5.69 Å². The standard InChI is InChI=1S/C22H16F3NO/c23-22(24,25)17-11-12-18-19(13-17)26(14-15-7-3-1-4-8-15)21(27)20(18)16-9-5-2-6-10-16/h1-13,20H,14H2. The van der Waals surface area contributed by atoms with Gasteiger partial charge < -0.3 is 4.90 Å². The van der Waals surface area contributed by atoms with Gasteiger partial charge in [-0.05, 0) is 28.8 Å². The number of amides is 1. The molecule has 3 aromatic carbocycles. The van der Waals surface area contributed by atoms with Crippen molar-refractivity contribution in [1.82, 2.24) is 0 Å². The third-order valence-corrected chi connectivity index (χ3v) is 4.79. The van der Waals surface area contributed by atoms with Crippen LogP contribution in [0.5, 0.6) is 0 Å². The van der Waals surface area contributed by atoms with Crippen LogP contribution in [0.25, 0.3) is 0 Å². The first-order valence-corrected chi connectivity index (χ1v) is 8.56. The van der Waals surface area contributed by atoms with Gasteiger partial charge >= 0.3 is 6.18 Å². The van der Waals surface area contributed by atoms with Crippen LogP contribution in [0.4, 0.5) is 18.9 Å². The van der Waals surface area contributed by atoms with Crippen molar-refractivity contribution in [2.24, 2.45) is 0 Å². The quantitative estimate of drug-likeness (QED) is 0.608. The molecule has 1 amide bonds. The lowest BCUT2D eigenvalue weighted by atomic mass is 9.92. The minimum absolute atomic E-state index is 0.209. The van der Waals surface area contributed by atoms with Crippen LogP contribution in [-0.2, 0) is 17.5 Å². The highest BCUT2D eigenvalue weighted by Gasteiger charge is 2.40. The number of alkyl halides is 3. The lowest BCUT2D eigenvalue weighted by Crippen LogP contribution is -2.28. The number of carbonyl (C=O) groups is 1. The number of rotatable bonds is 3. The highest BCUT2D eigenvalue weighted by atomic mass is 19.4. The van der Waals surface area contributed by atoms with Gasteiger partial charge in [-0.2, -0.15) is 13.2 Å². The normalized spacial score (nSPS) is 16.5. The van der Waals surface area contributed by atoms with Crippen molar-refractivity contribution in [2.75, 3.05) is 4.90 Å². The van der Waals surface area contributed by atoms with Gasteiger partial charge in [-0.1, -0.05) is 66.7 Å². The molecule has 0 fully saturated rings. The Morgan fingerprint density at radius 1 is 0.852 bits per heavy atom. The van der Waals surface area contributed by atoms with Gasteiger partial charge in [0.25, 0.3) is 0 Å². The number of nitrogens with zero attached hydrogens (tertiary/aromatic N) is 1. The number of hydrogen-bond acceptors (Lipinski definition) is 1. The van der Waals surface area contributed by atoms with Crippen LogP contribution in [0.3, 0.4) is 0 Å². The largest absolute Gasteiger partial charge is 0.416 e. The molecule has 0 bridgehead atoms. The maximum absolute atomic E-state index is 13.2. The van der Waals surface area contributed by atoms with E-state index in [1.54, 1.807) is 0 Å². The second-order valence-corrected chi connectivity index (χ2v) is 6.53. The number of fused-ring (bicyclic) bond motifs is 1. The van der Waals surface area contributed by atoms with Crippen molar-refractivity contribution in [3.05, 3.63) is 101 Å². The topological polar surface area (TPSA) is 20.3 Å². The predicted octanol–water partition coefficient (Wildman–Crippen LogP) is 5.38. The fourth-order valence-electron chi connectivity index (χ4n) is 3.50. The molecule has 4 rings (SSSR count). The Morgan fingerprint density at radius 2 is 1.48 bits per heavy atom. The lowest BCUT2D eigenvalue weighted by molar-refractivity contribution is -0.137. The molecule has 136 valence electrons. The fraction of sp³-hybridized carbons (Fsp3) is 0.136. The highest BCUT2D eigenvalue weighted by Crippen LogP contribution is 2.44. The van der Waals surface area contributed by atoms with Crippen molar-refractivity contribution in [3.63, 3.8) is 0 Å². The summed E-state index contributed by atoms with van der Waals surface area (Å²) in [5.41, 5.74) is 1.82. The molecule has 0 N–H and O–H groups in total. The van der Waals surface area contributed by atoms with Crippen LogP contribution in [-0.4, -0.2) is 5.91 Å². The van der Waals surface area contributed by atoms with Crippen molar-refractivity contribution in [2.45, 2.75) is 18.6 Å². The summed E-state index contributed by atoms with van der Waals surface area (Å²) in [6, 6.07) is 22.0. The van der Waals surface area contributed by atoms with Crippen molar-refractivity contribution >= 4 is 11.6 Å². The Hall–Kier alpha value is -3.08. The summed E-state index contributed by atoms with van der Waals surface area (Å²) >= 11 is 0. The zero-order valence-corrected chi connectivity index (χ0v) is 14.3. The average molecular weight is 367 g/mol. The van der Waals surface area contributed by atoms with Crippen LogP contribution in [0, 0.1) is 0 Å². The van der Waals surface area contributed by atoms with E-state index in [1.165, 1.54) is 11.0 Å². The van der Waals surface area contributed by atoms with E-state index in [-0.39, 0.29) is 12.5 Å². The molecule has 3 aromatic rings. The first-order valence-electron chi connectivity index (χ1n) is 8.56. The Balaban J connectivity index is 1.82. The molecule has 27 heavy (non-hydrogen) atoms. The number of benzene rings is 3. The van der Waals surface area contributed by atoms with E-state index in [0.29, 0.717) is 11.3 Å². The first-order chi connectivity index (χ1) is 12.9. The molecule has 0 aliphatic carbocycles. The van der Waals surface area contributed by atoms with Gasteiger partial charge in [0.1, 0.15) is 0 Å². The summed E-state index contributed by atoms with van der Waals surface area (Å²) in [6.07, 6.45) is -4.46. The molecule has 0 spiro atoms. The molecule has 1 heterocycles. The summed E-state index contributed by atoms with van der Waals surface area (Å²) in [4.78, 5) is 14.6. The zero-order chi connectivity index (χ0) is 19.0. The smallest absolute Gasteiger partial charge is 0.307 e. The second kappa shape index (κ2) is 6.58. The molecule has 2 nitrogen and oxygen atoms in total. The average Bonchev–Trinajstić information content (AvgIpc) is 2.94. The van der Waals surface area contributed by atoms with Crippen LogP contribution in [0.2, 0.25) is 0 Å². The number of anilines is 1. The number of halogens is 3. The van der Waals surface area contributed by atoms with E-state index in [4.69, 9.17) is 0 Å². The minimum atomic E-state index is -4.46. The Bertz CT molecular complexity index is 968. The Morgan fingerprint density at radius 3 is 2.11 bits per heavy atom. The van der Waals surface area contributed by atoms with Crippen LogP contribution < -0.4 is 4.90 Å². The van der Waals surface area contributed by atoms with Gasteiger partial charge in [0.15, 0.2) is 0 Å². The summed E-state index contributed by atoms with van der Waals surface area (Å²) in [5.74, 6) is -0.799. The lowest BCUT2D eigenvalue weighted by Gasteiger charge is -2.19. The van der Waals surface area contributed by atoms with E-state index < -0.39 is 17.7 Å². The summed E-state index contributed by atoms with van der Waals surface area (Å²) < 4.78 is 39.7. The monoisotopic (exact) mass is 367 g/mol. The maximum Gasteiger partial charge on any atom is 0.416 e. The molecule has 1 aliphatic heterocycles. The third-order valence-electron chi connectivity index (χ3n) is 4.79. The Kier molecular flexibility index (Phi) is 4.22. The molecular formula is C22H16F3NO. The molecule has 1 unspecified atom stereocenters. The summed E-state index contributed by atoms with van der Waals surface area (Å²) in [5, 5.41) is 0. The van der Waals surface area contributed by atoms with E-state index >= 15 is 0 Å². The van der Waals surface area contributed by atoms with Gasteiger partial charge in [-0.15, -0.1) is 0 Å². The summed E-state index contributed by atoms with van der Waals surface area (Å²) in [7, 11) is 0. The minimum Gasteiger partial charge on any atom is -0.307 e. The molecule has 0 saturated carbocycles. The molecule has 1 aliphatic rings. The van der Waals surface area contributed by atoms with Gasteiger partial charge in [0.05, 0.1) is 18.0 Å². The second-order valence-electron chi connectivity index (χ2n) is 6.53. The summed E-state index contributed by atoms with van der Waals surface area (Å²) in [6.45, 7) is 0.233. The van der Waals surface area contributed by atoms with E-state index in [1.807, 2.05) is 60.7 Å². The van der Waals surface area contributed by atoms with Crippen LogP contribution in [0.1, 0.15) is 28.2 Å². The van der Waals surface area contributed by atoms with Crippen LogP contribution in [0.15, 0.2) is 78.9 Å². The van der Waals surface area contributed by atoms with E-state index in [2.05, 4.69) is 0 Å². The molecule has 1 atom stereocenters. The van der Waals surface area contributed by atoms with Crippen molar-refractivity contribution < 1.29 is 18.0 Å². The molecule has 5 heteroatoms. The molecular weight excluding hydrogens is 351 g/mol. The molecule has 0 aromatic heterocycles. The first kappa shape index (κ1) is 17.3. The SMILES string of the molecule is O=C1C(c2ccccc2)c2ccc(C(F)(F)F)cc2N1Cc1ccccc1. The predicted molar refractivity (Wildman–Crippen MR) is 97.4 cm³/mol. The Labute approximate surface area is 154 Å². The van der Waals surface area contributed by atoms with Crippen LogP contribution >= 0.6 is 0 Å². The number of carbonyl (C=O) groups excluding carboxylic acids is 1. The number of hydrogen-bond donors (Lipinski definition) is 0. The van der Waals surface area contributed by atoms with Gasteiger partial charge in [-0.3, -0.25) is 4.79 Å². The third kappa shape index (κ3) is 3.21. The van der Waals surface area contributed by atoms with E-state index in [9.17, 15) is 18.0 Å². The van der Waals surface area contributed by atoms with Crippen molar-refractivity contribution in [3.8, 4) is 0 Å². The van der Waals surface area contributed by atoms with Gasteiger partial charge in [0.2, 0.25) is 5.91 Å². The highest BCUT2D eigenvalue weighted by molar-refractivity contribution is 6.07. The van der Waals surface area contributed by atoms with E-state index in [0.717, 1.165) is 23.3 Å². The maximum atomic E-state index is 13.2.